The Morgan fingerprint density at radius 1 is 1.19 bits per heavy atom. The minimum atomic E-state index is -0.128. The molecule has 6 nitrogen and oxygen atoms in total. The second kappa shape index (κ2) is 7.58. The summed E-state index contributed by atoms with van der Waals surface area (Å²) in [5, 5.41) is 3.88. The first-order chi connectivity index (χ1) is 12.8. The Morgan fingerprint density at radius 3 is 3.04 bits per heavy atom. The molecule has 1 aromatic carbocycles. The standard InChI is InChI=1S/C20H20N4O2/c25-20(15-5-6-18-14(11-15)3-1-8-21-18)23-12-17-7-9-22-19(24-17)16-4-2-10-26-13-16/h1,3,5-9,11,16H,2,4,10,12-13H2,(H,23,25)/t16-/m1/s1. The highest BCUT2D eigenvalue weighted by atomic mass is 16.5. The van der Waals surface area contributed by atoms with Gasteiger partial charge in [-0.3, -0.25) is 9.78 Å². The van der Waals surface area contributed by atoms with Crippen LogP contribution in [0.4, 0.5) is 0 Å². The van der Waals surface area contributed by atoms with E-state index in [0.29, 0.717) is 18.7 Å². The molecular formula is C20H20N4O2. The zero-order valence-corrected chi connectivity index (χ0v) is 14.4. The normalized spacial score (nSPS) is 17.2. The van der Waals surface area contributed by atoms with Gasteiger partial charge in [0, 0.05) is 35.9 Å². The van der Waals surface area contributed by atoms with Gasteiger partial charge in [0.05, 0.1) is 24.4 Å². The molecule has 132 valence electrons. The van der Waals surface area contributed by atoms with Gasteiger partial charge in [0.15, 0.2) is 0 Å². The first-order valence-corrected chi connectivity index (χ1v) is 8.82. The topological polar surface area (TPSA) is 77.0 Å². The number of hydrogen-bond acceptors (Lipinski definition) is 5. The number of ether oxygens (including phenoxy) is 1. The van der Waals surface area contributed by atoms with Gasteiger partial charge in [-0.1, -0.05) is 6.07 Å². The highest BCUT2D eigenvalue weighted by molar-refractivity contribution is 5.97. The summed E-state index contributed by atoms with van der Waals surface area (Å²) in [6, 6.07) is 11.1. The molecule has 3 aromatic rings. The number of fused-ring (bicyclic) bond motifs is 1. The number of carbonyl (C=O) groups excluding carboxylic acids is 1. The van der Waals surface area contributed by atoms with Crippen molar-refractivity contribution < 1.29 is 9.53 Å². The van der Waals surface area contributed by atoms with Crippen molar-refractivity contribution in [1.82, 2.24) is 20.3 Å². The lowest BCUT2D eigenvalue weighted by Gasteiger charge is -2.20. The molecule has 1 fully saturated rings. The maximum Gasteiger partial charge on any atom is 0.251 e. The summed E-state index contributed by atoms with van der Waals surface area (Å²) in [6.07, 6.45) is 5.57. The number of nitrogens with one attached hydrogen (secondary N) is 1. The van der Waals surface area contributed by atoms with Crippen LogP contribution in [0.3, 0.4) is 0 Å². The molecule has 0 bridgehead atoms. The Balaban J connectivity index is 1.43. The van der Waals surface area contributed by atoms with Crippen molar-refractivity contribution in [1.29, 1.82) is 0 Å². The lowest BCUT2D eigenvalue weighted by Crippen LogP contribution is -2.24. The smallest absolute Gasteiger partial charge is 0.251 e. The van der Waals surface area contributed by atoms with Crippen molar-refractivity contribution in [2.75, 3.05) is 13.2 Å². The Hall–Kier alpha value is -2.86. The van der Waals surface area contributed by atoms with Crippen LogP contribution in [-0.2, 0) is 11.3 Å². The van der Waals surface area contributed by atoms with Crippen molar-refractivity contribution in [3.63, 3.8) is 0 Å². The Labute approximate surface area is 151 Å². The Morgan fingerprint density at radius 2 is 2.15 bits per heavy atom. The van der Waals surface area contributed by atoms with Gasteiger partial charge in [-0.05, 0) is 43.2 Å². The summed E-state index contributed by atoms with van der Waals surface area (Å²) in [7, 11) is 0. The fourth-order valence-corrected chi connectivity index (χ4v) is 3.14. The SMILES string of the molecule is O=C(NCc1ccnc([C@@H]2CCCOC2)n1)c1ccc2ncccc2c1. The number of rotatable bonds is 4. The summed E-state index contributed by atoms with van der Waals surface area (Å²) in [5.41, 5.74) is 2.29. The predicted octanol–water partition coefficient (Wildman–Crippen LogP) is 2.85. The van der Waals surface area contributed by atoms with Crippen LogP contribution in [-0.4, -0.2) is 34.1 Å². The molecule has 3 heterocycles. The minimum Gasteiger partial charge on any atom is -0.381 e. The van der Waals surface area contributed by atoms with E-state index in [1.54, 1.807) is 18.5 Å². The number of aromatic nitrogens is 3. The zero-order chi connectivity index (χ0) is 17.8. The number of hydrogen-bond donors (Lipinski definition) is 1. The Kier molecular flexibility index (Phi) is 4.84. The number of pyridine rings is 1. The second-order valence-electron chi connectivity index (χ2n) is 6.41. The van der Waals surface area contributed by atoms with Gasteiger partial charge in [-0.25, -0.2) is 9.97 Å². The third-order valence-electron chi connectivity index (χ3n) is 4.55. The van der Waals surface area contributed by atoms with E-state index in [2.05, 4.69) is 20.3 Å². The molecule has 4 rings (SSSR count). The maximum absolute atomic E-state index is 12.5. The minimum absolute atomic E-state index is 0.128. The molecule has 1 aliphatic rings. The number of nitrogens with zero attached hydrogens (tertiary/aromatic N) is 3. The van der Waals surface area contributed by atoms with Gasteiger partial charge >= 0.3 is 0 Å². The van der Waals surface area contributed by atoms with Crippen LogP contribution < -0.4 is 5.32 Å². The molecule has 2 aromatic heterocycles. The van der Waals surface area contributed by atoms with Crippen LogP contribution in [0.25, 0.3) is 10.9 Å². The number of benzene rings is 1. The molecule has 0 spiro atoms. The van der Waals surface area contributed by atoms with E-state index < -0.39 is 0 Å². The van der Waals surface area contributed by atoms with E-state index in [-0.39, 0.29) is 11.8 Å². The fraction of sp³-hybridized carbons (Fsp3) is 0.300. The number of carbonyl (C=O) groups is 1. The summed E-state index contributed by atoms with van der Waals surface area (Å²) < 4.78 is 5.51. The summed E-state index contributed by atoms with van der Waals surface area (Å²) in [6.45, 7) is 1.85. The van der Waals surface area contributed by atoms with Crippen molar-refractivity contribution >= 4 is 16.8 Å². The van der Waals surface area contributed by atoms with Gasteiger partial charge in [0.25, 0.3) is 5.91 Å². The van der Waals surface area contributed by atoms with E-state index in [9.17, 15) is 4.79 Å². The molecule has 6 heteroatoms. The largest absolute Gasteiger partial charge is 0.381 e. The molecular weight excluding hydrogens is 328 g/mol. The van der Waals surface area contributed by atoms with E-state index in [4.69, 9.17) is 4.74 Å². The molecule has 1 saturated heterocycles. The molecule has 0 unspecified atom stereocenters. The summed E-state index contributed by atoms with van der Waals surface area (Å²) in [4.78, 5) is 25.7. The molecule has 0 saturated carbocycles. The highest BCUT2D eigenvalue weighted by Gasteiger charge is 2.19. The van der Waals surface area contributed by atoms with Gasteiger partial charge in [0.1, 0.15) is 5.82 Å². The third-order valence-corrected chi connectivity index (χ3v) is 4.55. The van der Waals surface area contributed by atoms with Crippen molar-refractivity contribution in [3.8, 4) is 0 Å². The zero-order valence-electron chi connectivity index (χ0n) is 14.4. The molecule has 1 amide bonds. The lowest BCUT2D eigenvalue weighted by atomic mass is 10.0. The molecule has 1 N–H and O–H groups in total. The molecule has 0 aliphatic carbocycles. The second-order valence-corrected chi connectivity index (χ2v) is 6.41. The monoisotopic (exact) mass is 348 g/mol. The number of amides is 1. The van der Waals surface area contributed by atoms with Gasteiger partial charge in [-0.2, -0.15) is 0 Å². The first kappa shape index (κ1) is 16.6. The summed E-state index contributed by atoms with van der Waals surface area (Å²) in [5.74, 6) is 0.914. The Bertz CT molecular complexity index is 922. The van der Waals surface area contributed by atoms with Crippen molar-refractivity contribution in [2.24, 2.45) is 0 Å². The quantitative estimate of drug-likeness (QED) is 0.784. The summed E-state index contributed by atoms with van der Waals surface area (Å²) >= 11 is 0. The predicted molar refractivity (Wildman–Crippen MR) is 97.7 cm³/mol. The lowest BCUT2D eigenvalue weighted by molar-refractivity contribution is 0.0779. The van der Waals surface area contributed by atoms with E-state index in [1.165, 1.54) is 0 Å². The van der Waals surface area contributed by atoms with Gasteiger partial charge < -0.3 is 10.1 Å². The van der Waals surface area contributed by atoms with E-state index in [0.717, 1.165) is 41.9 Å². The van der Waals surface area contributed by atoms with Crippen LogP contribution in [0.1, 0.15) is 40.6 Å². The van der Waals surface area contributed by atoms with Crippen LogP contribution >= 0.6 is 0 Å². The van der Waals surface area contributed by atoms with Crippen LogP contribution in [0.5, 0.6) is 0 Å². The molecule has 1 aliphatic heterocycles. The van der Waals surface area contributed by atoms with Crippen molar-refractivity contribution in [3.05, 3.63) is 65.9 Å². The average Bonchev–Trinajstić information content (AvgIpc) is 2.72. The molecule has 0 radical (unpaired) electrons. The first-order valence-electron chi connectivity index (χ1n) is 8.82. The van der Waals surface area contributed by atoms with Gasteiger partial charge in [-0.15, -0.1) is 0 Å². The fourth-order valence-electron chi connectivity index (χ4n) is 3.14. The third kappa shape index (κ3) is 3.70. The van der Waals surface area contributed by atoms with Crippen LogP contribution in [0.15, 0.2) is 48.8 Å². The van der Waals surface area contributed by atoms with Crippen LogP contribution in [0, 0.1) is 0 Å². The van der Waals surface area contributed by atoms with Crippen LogP contribution in [0.2, 0.25) is 0 Å². The van der Waals surface area contributed by atoms with E-state index in [1.807, 2.05) is 30.3 Å². The maximum atomic E-state index is 12.5. The highest BCUT2D eigenvalue weighted by Crippen LogP contribution is 2.22. The van der Waals surface area contributed by atoms with Crippen molar-refractivity contribution in [2.45, 2.75) is 25.3 Å². The molecule has 1 atom stereocenters. The van der Waals surface area contributed by atoms with E-state index >= 15 is 0 Å². The van der Waals surface area contributed by atoms with Gasteiger partial charge in [0.2, 0.25) is 0 Å². The molecule has 26 heavy (non-hydrogen) atoms. The average molecular weight is 348 g/mol.